The van der Waals surface area contributed by atoms with Crippen LogP contribution in [0.1, 0.15) is 31.2 Å². The molecule has 2 heterocycles. The van der Waals surface area contributed by atoms with Gasteiger partial charge in [-0.3, -0.25) is 4.79 Å². The van der Waals surface area contributed by atoms with E-state index in [0.29, 0.717) is 32.5 Å². The molecule has 0 radical (unpaired) electrons. The van der Waals surface area contributed by atoms with Crippen LogP contribution in [0.3, 0.4) is 0 Å². The van der Waals surface area contributed by atoms with Gasteiger partial charge in [-0.2, -0.15) is 8.61 Å². The van der Waals surface area contributed by atoms with Crippen LogP contribution in [0.25, 0.3) is 0 Å². The molecule has 34 heavy (non-hydrogen) atoms. The van der Waals surface area contributed by atoms with Gasteiger partial charge in [0.25, 0.3) is 0 Å². The van der Waals surface area contributed by atoms with Crippen LogP contribution >= 0.6 is 0 Å². The standard InChI is InChI=1S/C23H28FN3O5S2/c24-20-7-11-22(12-8-20)34(31,32)27-15-3-4-19(17-27)23(28)25-16-18-5-9-21(10-6-18)33(29,30)26-13-1-2-14-26/h5-12,19H,1-4,13-17H2,(H,25,28). The Labute approximate surface area is 199 Å². The molecule has 1 amide bonds. The van der Waals surface area contributed by atoms with E-state index in [2.05, 4.69) is 5.32 Å². The lowest BCUT2D eigenvalue weighted by Crippen LogP contribution is -2.45. The molecular weight excluding hydrogens is 481 g/mol. The highest BCUT2D eigenvalue weighted by Gasteiger charge is 2.33. The number of amides is 1. The molecule has 184 valence electrons. The Balaban J connectivity index is 1.35. The SMILES string of the molecule is O=C(NCc1ccc(S(=O)(=O)N2CCCC2)cc1)C1CCCN(S(=O)(=O)c2ccc(F)cc2)C1. The third kappa shape index (κ3) is 5.32. The third-order valence-electron chi connectivity index (χ3n) is 6.30. The van der Waals surface area contributed by atoms with Crippen LogP contribution < -0.4 is 5.32 Å². The molecular formula is C23H28FN3O5S2. The van der Waals surface area contributed by atoms with Gasteiger partial charge >= 0.3 is 0 Å². The van der Waals surface area contributed by atoms with E-state index in [4.69, 9.17) is 0 Å². The fourth-order valence-electron chi connectivity index (χ4n) is 4.32. The molecule has 1 atom stereocenters. The van der Waals surface area contributed by atoms with Gasteiger partial charge in [0.05, 0.1) is 15.7 Å². The summed E-state index contributed by atoms with van der Waals surface area (Å²) >= 11 is 0. The molecule has 0 aromatic heterocycles. The zero-order chi connectivity index (χ0) is 24.3. The first-order valence-corrected chi connectivity index (χ1v) is 14.2. The van der Waals surface area contributed by atoms with E-state index < -0.39 is 31.8 Å². The predicted molar refractivity (Wildman–Crippen MR) is 124 cm³/mol. The van der Waals surface area contributed by atoms with Gasteiger partial charge < -0.3 is 5.32 Å². The number of nitrogens with one attached hydrogen (secondary N) is 1. The Bertz CT molecular complexity index is 1230. The Kier molecular flexibility index (Phi) is 7.36. The lowest BCUT2D eigenvalue weighted by Gasteiger charge is -2.31. The van der Waals surface area contributed by atoms with Crippen molar-refractivity contribution in [2.24, 2.45) is 5.92 Å². The van der Waals surface area contributed by atoms with Gasteiger partial charge in [0.2, 0.25) is 26.0 Å². The molecule has 2 aliphatic heterocycles. The lowest BCUT2D eigenvalue weighted by atomic mass is 9.99. The van der Waals surface area contributed by atoms with Gasteiger partial charge in [0.15, 0.2) is 0 Å². The molecule has 0 aliphatic carbocycles. The Morgan fingerprint density at radius 3 is 1.97 bits per heavy atom. The molecule has 4 rings (SSSR count). The zero-order valence-electron chi connectivity index (χ0n) is 18.7. The number of hydrogen-bond donors (Lipinski definition) is 1. The van der Waals surface area contributed by atoms with Crippen molar-refractivity contribution in [3.63, 3.8) is 0 Å². The molecule has 1 unspecified atom stereocenters. The summed E-state index contributed by atoms with van der Waals surface area (Å²) in [4.78, 5) is 13.0. The number of sulfonamides is 2. The molecule has 0 saturated carbocycles. The van der Waals surface area contributed by atoms with Gasteiger partial charge in [0.1, 0.15) is 5.82 Å². The van der Waals surface area contributed by atoms with E-state index in [0.717, 1.165) is 30.5 Å². The maximum Gasteiger partial charge on any atom is 0.243 e. The number of hydrogen-bond acceptors (Lipinski definition) is 5. The quantitative estimate of drug-likeness (QED) is 0.617. The summed E-state index contributed by atoms with van der Waals surface area (Å²) in [7, 11) is -7.30. The molecule has 11 heteroatoms. The minimum atomic E-state index is -3.81. The molecule has 1 N–H and O–H groups in total. The van der Waals surface area contributed by atoms with Crippen molar-refractivity contribution in [2.75, 3.05) is 26.2 Å². The minimum absolute atomic E-state index is 0.000990. The Hall–Kier alpha value is -2.34. The number of rotatable bonds is 7. The third-order valence-corrected chi connectivity index (χ3v) is 10.1. The first-order chi connectivity index (χ1) is 16.2. The monoisotopic (exact) mass is 509 g/mol. The van der Waals surface area contributed by atoms with Crippen molar-refractivity contribution in [3.05, 3.63) is 59.9 Å². The van der Waals surface area contributed by atoms with Crippen molar-refractivity contribution in [1.29, 1.82) is 0 Å². The van der Waals surface area contributed by atoms with Crippen LogP contribution in [0.15, 0.2) is 58.3 Å². The summed E-state index contributed by atoms with van der Waals surface area (Å²) in [5.41, 5.74) is 0.750. The average molecular weight is 510 g/mol. The second kappa shape index (κ2) is 10.1. The smallest absolute Gasteiger partial charge is 0.243 e. The normalized spacial score (nSPS) is 20.3. The van der Waals surface area contributed by atoms with Crippen LogP contribution in [-0.2, 0) is 31.4 Å². The van der Waals surface area contributed by atoms with Gasteiger partial charge in [-0.25, -0.2) is 21.2 Å². The first-order valence-electron chi connectivity index (χ1n) is 11.3. The van der Waals surface area contributed by atoms with Gasteiger partial charge in [0, 0.05) is 32.7 Å². The maximum absolute atomic E-state index is 13.2. The van der Waals surface area contributed by atoms with Crippen molar-refractivity contribution in [1.82, 2.24) is 13.9 Å². The molecule has 2 fully saturated rings. The topological polar surface area (TPSA) is 104 Å². The van der Waals surface area contributed by atoms with E-state index in [1.165, 1.54) is 20.7 Å². The summed E-state index contributed by atoms with van der Waals surface area (Å²) in [5.74, 6) is -1.27. The molecule has 8 nitrogen and oxygen atoms in total. The number of piperidine rings is 1. The lowest BCUT2D eigenvalue weighted by molar-refractivity contribution is -0.126. The fraction of sp³-hybridized carbons (Fsp3) is 0.435. The highest BCUT2D eigenvalue weighted by molar-refractivity contribution is 7.89. The van der Waals surface area contributed by atoms with Crippen LogP contribution in [0, 0.1) is 11.7 Å². The molecule has 2 aromatic rings. The van der Waals surface area contributed by atoms with Gasteiger partial charge in [-0.05, 0) is 67.6 Å². The van der Waals surface area contributed by atoms with E-state index in [1.807, 2.05) is 0 Å². The highest BCUT2D eigenvalue weighted by atomic mass is 32.2. The van der Waals surface area contributed by atoms with E-state index in [9.17, 15) is 26.0 Å². The zero-order valence-corrected chi connectivity index (χ0v) is 20.3. The summed E-state index contributed by atoms with van der Waals surface area (Å²) in [6, 6.07) is 11.1. The van der Waals surface area contributed by atoms with Crippen molar-refractivity contribution in [2.45, 2.75) is 42.0 Å². The van der Waals surface area contributed by atoms with Crippen LogP contribution in [0.5, 0.6) is 0 Å². The van der Waals surface area contributed by atoms with Gasteiger partial charge in [-0.1, -0.05) is 12.1 Å². The molecule has 2 aromatic carbocycles. The second-order valence-corrected chi connectivity index (χ2v) is 12.5. The molecule has 2 saturated heterocycles. The summed E-state index contributed by atoms with van der Waals surface area (Å²) in [5, 5.41) is 2.83. The van der Waals surface area contributed by atoms with E-state index in [-0.39, 0.29) is 28.8 Å². The second-order valence-electron chi connectivity index (χ2n) is 8.63. The summed E-state index contributed by atoms with van der Waals surface area (Å²) in [6.45, 7) is 1.64. The van der Waals surface area contributed by atoms with Crippen molar-refractivity contribution in [3.8, 4) is 0 Å². The first kappa shape index (κ1) is 24.8. The predicted octanol–water partition coefficient (Wildman–Crippen LogP) is 2.33. The van der Waals surface area contributed by atoms with Crippen LogP contribution in [0.2, 0.25) is 0 Å². The molecule has 0 spiro atoms. The number of halogens is 1. The highest BCUT2D eigenvalue weighted by Crippen LogP contribution is 2.25. The van der Waals surface area contributed by atoms with Crippen LogP contribution in [0.4, 0.5) is 4.39 Å². The number of benzene rings is 2. The fourth-order valence-corrected chi connectivity index (χ4v) is 7.36. The van der Waals surface area contributed by atoms with Crippen LogP contribution in [-0.4, -0.2) is 57.5 Å². The average Bonchev–Trinajstić information content (AvgIpc) is 3.39. The van der Waals surface area contributed by atoms with Crippen molar-refractivity contribution < 1.29 is 26.0 Å². The summed E-state index contributed by atoms with van der Waals surface area (Å²) < 4.78 is 66.9. The number of carbonyl (C=O) groups excluding carboxylic acids is 1. The van der Waals surface area contributed by atoms with Gasteiger partial charge in [-0.15, -0.1) is 0 Å². The largest absolute Gasteiger partial charge is 0.352 e. The Morgan fingerprint density at radius 2 is 1.35 bits per heavy atom. The molecule has 2 aliphatic rings. The maximum atomic E-state index is 13.2. The van der Waals surface area contributed by atoms with E-state index >= 15 is 0 Å². The van der Waals surface area contributed by atoms with Crippen molar-refractivity contribution >= 4 is 26.0 Å². The Morgan fingerprint density at radius 1 is 0.824 bits per heavy atom. The number of carbonyl (C=O) groups is 1. The summed E-state index contributed by atoms with van der Waals surface area (Å²) in [6.07, 6.45) is 2.84. The number of nitrogens with zero attached hydrogens (tertiary/aromatic N) is 2. The molecule has 0 bridgehead atoms. The minimum Gasteiger partial charge on any atom is -0.352 e. The van der Waals surface area contributed by atoms with E-state index in [1.54, 1.807) is 24.3 Å².